The minimum Gasteiger partial charge on any atom is -0.448 e. The van der Waals surface area contributed by atoms with Crippen LogP contribution in [0, 0.1) is 0 Å². The van der Waals surface area contributed by atoms with Crippen molar-refractivity contribution in [1.82, 2.24) is 10.3 Å². The fourth-order valence-corrected chi connectivity index (χ4v) is 2.59. The maximum absolute atomic E-state index is 9.52. The Kier molecular flexibility index (Phi) is 3.84. The zero-order chi connectivity index (χ0) is 12.3. The lowest BCUT2D eigenvalue weighted by Gasteiger charge is -2.27. The fraction of sp³-hybridized carbons (Fsp3) is 0.769. The van der Waals surface area contributed by atoms with Crippen molar-refractivity contribution in [3.63, 3.8) is 0 Å². The van der Waals surface area contributed by atoms with E-state index in [0.717, 1.165) is 24.3 Å². The van der Waals surface area contributed by atoms with E-state index in [1.54, 1.807) is 0 Å². The van der Waals surface area contributed by atoms with Crippen LogP contribution in [-0.2, 0) is 6.54 Å². The van der Waals surface area contributed by atoms with Gasteiger partial charge in [0, 0.05) is 18.0 Å². The van der Waals surface area contributed by atoms with Crippen molar-refractivity contribution in [1.29, 1.82) is 0 Å². The number of hydrogen-bond acceptors (Lipinski definition) is 4. The molecule has 2 rings (SSSR count). The number of hydrogen-bond donors (Lipinski definition) is 2. The Morgan fingerprint density at radius 1 is 1.47 bits per heavy atom. The smallest absolute Gasteiger partial charge is 0.181 e. The van der Waals surface area contributed by atoms with Crippen LogP contribution in [0.4, 0.5) is 0 Å². The molecule has 0 amide bonds. The zero-order valence-electron chi connectivity index (χ0n) is 10.7. The molecule has 96 valence electrons. The molecule has 0 aromatic carbocycles. The second-order valence-electron chi connectivity index (χ2n) is 5.32. The minimum absolute atomic E-state index is 0.0901. The molecular formula is C13H22N2O2. The number of aliphatic hydroxyl groups is 1. The normalized spacial score (nSPS) is 19.1. The lowest BCUT2D eigenvalue weighted by molar-refractivity contribution is 0.162. The monoisotopic (exact) mass is 238 g/mol. The van der Waals surface area contributed by atoms with E-state index in [1.807, 2.05) is 0 Å². The molecule has 0 bridgehead atoms. The molecule has 4 nitrogen and oxygen atoms in total. The van der Waals surface area contributed by atoms with Crippen molar-refractivity contribution in [3.8, 4) is 0 Å². The molecule has 1 fully saturated rings. The summed E-state index contributed by atoms with van der Waals surface area (Å²) >= 11 is 0. The first kappa shape index (κ1) is 12.6. The first-order valence-corrected chi connectivity index (χ1v) is 6.45. The Morgan fingerprint density at radius 2 is 2.18 bits per heavy atom. The van der Waals surface area contributed by atoms with Gasteiger partial charge in [0.1, 0.15) is 5.76 Å². The van der Waals surface area contributed by atoms with Crippen LogP contribution in [0.5, 0.6) is 0 Å². The molecule has 0 unspecified atom stereocenters. The Balaban J connectivity index is 1.99. The third-order valence-corrected chi connectivity index (χ3v) is 3.69. The predicted molar refractivity (Wildman–Crippen MR) is 65.7 cm³/mol. The van der Waals surface area contributed by atoms with Gasteiger partial charge in [0.2, 0.25) is 0 Å². The standard InChI is InChI=1S/C13H22N2O2/c1-10(2)12-11(14-9-17-12)7-15-13(8-16)5-3-4-6-13/h9-10,15-16H,3-8H2,1-2H3. The summed E-state index contributed by atoms with van der Waals surface area (Å²) in [4.78, 5) is 4.25. The largest absolute Gasteiger partial charge is 0.448 e. The van der Waals surface area contributed by atoms with E-state index in [-0.39, 0.29) is 12.1 Å². The topological polar surface area (TPSA) is 58.3 Å². The molecule has 4 heteroatoms. The summed E-state index contributed by atoms with van der Waals surface area (Å²) in [6, 6.07) is 0. The zero-order valence-corrected chi connectivity index (χ0v) is 10.7. The van der Waals surface area contributed by atoms with E-state index < -0.39 is 0 Å². The van der Waals surface area contributed by atoms with E-state index >= 15 is 0 Å². The molecule has 17 heavy (non-hydrogen) atoms. The summed E-state index contributed by atoms with van der Waals surface area (Å²) in [6.45, 7) is 5.09. The average Bonchev–Trinajstić information content (AvgIpc) is 2.96. The Labute approximate surface area is 102 Å². The van der Waals surface area contributed by atoms with Gasteiger partial charge in [-0.2, -0.15) is 0 Å². The SMILES string of the molecule is CC(C)c1ocnc1CNC1(CO)CCCC1. The van der Waals surface area contributed by atoms with Gasteiger partial charge in [-0.3, -0.25) is 0 Å². The number of aromatic nitrogens is 1. The second-order valence-corrected chi connectivity index (χ2v) is 5.32. The molecule has 2 N–H and O–H groups in total. The highest BCUT2D eigenvalue weighted by atomic mass is 16.3. The highest BCUT2D eigenvalue weighted by Gasteiger charge is 2.32. The van der Waals surface area contributed by atoms with E-state index in [0.29, 0.717) is 12.5 Å². The summed E-state index contributed by atoms with van der Waals surface area (Å²) < 4.78 is 5.39. The van der Waals surface area contributed by atoms with E-state index in [9.17, 15) is 5.11 Å². The van der Waals surface area contributed by atoms with Gasteiger partial charge >= 0.3 is 0 Å². The molecule has 1 aromatic rings. The average molecular weight is 238 g/mol. The van der Waals surface area contributed by atoms with Crippen LogP contribution in [-0.4, -0.2) is 22.2 Å². The van der Waals surface area contributed by atoms with Crippen LogP contribution in [0.2, 0.25) is 0 Å². The Bertz CT molecular complexity index is 354. The van der Waals surface area contributed by atoms with Gasteiger partial charge in [0.05, 0.1) is 12.3 Å². The number of oxazole rings is 1. The van der Waals surface area contributed by atoms with Gasteiger partial charge in [-0.15, -0.1) is 0 Å². The molecule has 0 radical (unpaired) electrons. The fourth-order valence-electron chi connectivity index (χ4n) is 2.59. The molecule has 1 aliphatic rings. The molecule has 0 atom stereocenters. The van der Waals surface area contributed by atoms with Gasteiger partial charge < -0.3 is 14.8 Å². The quantitative estimate of drug-likeness (QED) is 0.825. The number of nitrogens with zero attached hydrogens (tertiary/aromatic N) is 1. The summed E-state index contributed by atoms with van der Waals surface area (Å²) in [6.07, 6.45) is 6.01. The number of nitrogens with one attached hydrogen (secondary N) is 1. The van der Waals surface area contributed by atoms with Crippen LogP contribution < -0.4 is 5.32 Å². The maximum Gasteiger partial charge on any atom is 0.181 e. The lowest BCUT2D eigenvalue weighted by atomic mass is 9.98. The van der Waals surface area contributed by atoms with E-state index in [4.69, 9.17) is 4.42 Å². The molecule has 1 aliphatic carbocycles. The summed E-state index contributed by atoms with van der Waals surface area (Å²) in [5.41, 5.74) is 0.882. The molecule has 1 heterocycles. The maximum atomic E-state index is 9.52. The van der Waals surface area contributed by atoms with E-state index in [2.05, 4.69) is 24.1 Å². The summed E-state index contributed by atoms with van der Waals surface area (Å²) in [5, 5.41) is 13.0. The molecule has 0 spiro atoms. The van der Waals surface area contributed by atoms with Crippen LogP contribution >= 0.6 is 0 Å². The molecule has 0 aliphatic heterocycles. The lowest BCUT2D eigenvalue weighted by Crippen LogP contribution is -2.45. The van der Waals surface area contributed by atoms with Gasteiger partial charge in [-0.05, 0) is 12.8 Å². The Morgan fingerprint density at radius 3 is 2.76 bits per heavy atom. The third-order valence-electron chi connectivity index (χ3n) is 3.69. The van der Waals surface area contributed by atoms with Crippen molar-refractivity contribution in [3.05, 3.63) is 17.8 Å². The molecule has 1 aromatic heterocycles. The van der Waals surface area contributed by atoms with Crippen molar-refractivity contribution < 1.29 is 9.52 Å². The summed E-state index contributed by atoms with van der Waals surface area (Å²) in [5.74, 6) is 1.30. The molecular weight excluding hydrogens is 216 g/mol. The predicted octanol–water partition coefficient (Wildman–Crippen LogP) is 2.19. The van der Waals surface area contributed by atoms with Gasteiger partial charge in [0.25, 0.3) is 0 Å². The van der Waals surface area contributed by atoms with Crippen molar-refractivity contribution in [2.45, 2.75) is 57.5 Å². The minimum atomic E-state index is -0.0901. The first-order chi connectivity index (χ1) is 8.17. The van der Waals surface area contributed by atoms with Crippen LogP contribution in [0.25, 0.3) is 0 Å². The van der Waals surface area contributed by atoms with E-state index in [1.165, 1.54) is 19.2 Å². The van der Waals surface area contributed by atoms with Crippen molar-refractivity contribution in [2.75, 3.05) is 6.61 Å². The van der Waals surface area contributed by atoms with Gasteiger partial charge in [-0.1, -0.05) is 26.7 Å². The first-order valence-electron chi connectivity index (χ1n) is 6.45. The van der Waals surface area contributed by atoms with Crippen molar-refractivity contribution in [2.24, 2.45) is 0 Å². The highest BCUT2D eigenvalue weighted by molar-refractivity contribution is 5.11. The van der Waals surface area contributed by atoms with Crippen LogP contribution in [0.15, 0.2) is 10.8 Å². The van der Waals surface area contributed by atoms with Crippen LogP contribution in [0.3, 0.4) is 0 Å². The van der Waals surface area contributed by atoms with Gasteiger partial charge in [0.15, 0.2) is 6.39 Å². The summed E-state index contributed by atoms with van der Waals surface area (Å²) in [7, 11) is 0. The highest BCUT2D eigenvalue weighted by Crippen LogP contribution is 2.29. The van der Waals surface area contributed by atoms with Crippen molar-refractivity contribution >= 4 is 0 Å². The molecule has 0 saturated heterocycles. The van der Waals surface area contributed by atoms with Gasteiger partial charge in [-0.25, -0.2) is 4.98 Å². The molecule has 1 saturated carbocycles. The Hall–Kier alpha value is -0.870. The number of rotatable bonds is 5. The second kappa shape index (κ2) is 5.19. The van der Waals surface area contributed by atoms with Crippen LogP contribution in [0.1, 0.15) is 56.9 Å². The third kappa shape index (κ3) is 2.69. The number of aliphatic hydroxyl groups excluding tert-OH is 1.